The maximum absolute atomic E-state index is 15.6. The number of aromatic nitrogens is 1. The highest BCUT2D eigenvalue weighted by Crippen LogP contribution is 2.39. The molecule has 0 radical (unpaired) electrons. The molecule has 1 aromatic heterocycles. The fourth-order valence-electron chi connectivity index (χ4n) is 7.41. The van der Waals surface area contributed by atoms with Crippen LogP contribution in [0.15, 0.2) is 71.1 Å². The highest BCUT2D eigenvalue weighted by Gasteiger charge is 2.31. The van der Waals surface area contributed by atoms with Gasteiger partial charge in [-0.1, -0.05) is 42.5 Å². The van der Waals surface area contributed by atoms with E-state index in [2.05, 4.69) is 4.90 Å². The van der Waals surface area contributed by atoms with E-state index in [4.69, 9.17) is 14.1 Å². The van der Waals surface area contributed by atoms with E-state index in [-0.39, 0.29) is 23.7 Å². The zero-order chi connectivity index (χ0) is 34.2. The van der Waals surface area contributed by atoms with Crippen molar-refractivity contribution in [3.8, 4) is 39.5 Å². The fraction of sp³-hybridized carbons (Fsp3) is 0.333. The van der Waals surface area contributed by atoms with E-state index in [0.29, 0.717) is 41.9 Å². The van der Waals surface area contributed by atoms with Crippen LogP contribution in [0, 0.1) is 19.7 Å². The van der Waals surface area contributed by atoms with Crippen molar-refractivity contribution >= 4 is 17.1 Å². The second-order valence-corrected chi connectivity index (χ2v) is 13.0. The standard InChI is InChI=1S/C39H38F3N3O4/c1-23-27(8-5-10-29(23)31-14-13-25(18-32(31)40)21-44-15-3-4-16-44)28-9-6-11-30(24(28)2)37-43-33-19-26(22-45-17-7-12-34(45)38(46)47)35(49-39(41)42)20-36(33)48-37/h5-6,8-11,13-14,18-20,34,39H,3-4,7,12,15-17,21-22H2,1-2H3,(H,46,47)/t34-/m0/s1. The number of fused-ring (bicyclic) bond motifs is 1. The largest absolute Gasteiger partial charge is 0.480 e. The number of alkyl halides is 2. The van der Waals surface area contributed by atoms with Gasteiger partial charge in [0.25, 0.3) is 0 Å². The number of likely N-dealkylation sites (tertiary alicyclic amines) is 2. The summed E-state index contributed by atoms with van der Waals surface area (Å²) in [5.74, 6) is -0.944. The Morgan fingerprint density at radius 1 is 0.898 bits per heavy atom. The molecule has 7 nitrogen and oxygen atoms in total. The number of halogens is 3. The Morgan fingerprint density at radius 3 is 2.24 bits per heavy atom. The molecule has 0 aliphatic carbocycles. The van der Waals surface area contributed by atoms with Gasteiger partial charge in [0.2, 0.25) is 5.89 Å². The molecule has 3 heterocycles. The van der Waals surface area contributed by atoms with Crippen LogP contribution in [0.4, 0.5) is 13.2 Å². The minimum absolute atomic E-state index is 0.0736. The summed E-state index contributed by atoms with van der Waals surface area (Å²) in [5.41, 5.74) is 7.90. The summed E-state index contributed by atoms with van der Waals surface area (Å²) >= 11 is 0. The summed E-state index contributed by atoms with van der Waals surface area (Å²) in [4.78, 5) is 20.6. The molecule has 0 saturated carbocycles. The number of rotatable bonds is 10. The SMILES string of the molecule is Cc1c(-c2nc3cc(CN4CCC[C@H]4C(=O)O)c(OC(F)F)cc3o2)cccc1-c1cccc(-c2ccc(CN3CCCC3)cc2F)c1C. The van der Waals surface area contributed by atoms with E-state index >= 15 is 4.39 Å². The number of carbonyl (C=O) groups is 1. The van der Waals surface area contributed by atoms with Crippen molar-refractivity contribution in [1.29, 1.82) is 0 Å². The lowest BCUT2D eigenvalue weighted by Crippen LogP contribution is -2.35. The molecule has 2 fully saturated rings. The number of oxazole rings is 1. The maximum Gasteiger partial charge on any atom is 0.387 e. The minimum Gasteiger partial charge on any atom is -0.480 e. The number of carboxylic acids is 1. The van der Waals surface area contributed by atoms with Crippen LogP contribution in [-0.2, 0) is 17.9 Å². The number of nitrogens with zero attached hydrogens (tertiary/aromatic N) is 3. The highest BCUT2D eigenvalue weighted by atomic mass is 19.3. The molecule has 0 spiro atoms. The molecule has 2 aliphatic rings. The van der Waals surface area contributed by atoms with Crippen LogP contribution < -0.4 is 4.74 Å². The van der Waals surface area contributed by atoms with Gasteiger partial charge in [0.1, 0.15) is 23.1 Å². The van der Waals surface area contributed by atoms with Gasteiger partial charge in [-0.25, -0.2) is 9.37 Å². The molecule has 4 aromatic carbocycles. The smallest absolute Gasteiger partial charge is 0.387 e. The van der Waals surface area contributed by atoms with Crippen molar-refractivity contribution in [3.05, 3.63) is 94.8 Å². The minimum atomic E-state index is -3.06. The Bertz CT molecular complexity index is 2020. The first-order valence-electron chi connectivity index (χ1n) is 16.7. The topological polar surface area (TPSA) is 79.0 Å². The lowest BCUT2D eigenvalue weighted by atomic mass is 9.89. The summed E-state index contributed by atoms with van der Waals surface area (Å²) in [6, 6.07) is 19.6. The summed E-state index contributed by atoms with van der Waals surface area (Å²) in [5, 5.41) is 9.63. The van der Waals surface area contributed by atoms with E-state index in [1.54, 1.807) is 17.0 Å². The Balaban J connectivity index is 1.21. The first-order valence-corrected chi connectivity index (χ1v) is 16.7. The fourth-order valence-corrected chi connectivity index (χ4v) is 7.41. The molecule has 10 heteroatoms. The van der Waals surface area contributed by atoms with E-state index in [1.165, 1.54) is 18.9 Å². The third-order valence-electron chi connectivity index (χ3n) is 9.93. The molecule has 1 atom stereocenters. The first kappa shape index (κ1) is 32.9. The third kappa shape index (κ3) is 6.67. The molecule has 0 bridgehead atoms. The second kappa shape index (κ2) is 13.7. The Hall–Kier alpha value is -4.67. The molecular formula is C39H38F3N3O4. The summed E-state index contributed by atoms with van der Waals surface area (Å²) in [6.45, 7) is 4.42. The molecule has 254 valence electrons. The average Bonchev–Trinajstić information content (AvgIpc) is 3.84. The zero-order valence-corrected chi connectivity index (χ0v) is 27.5. The van der Waals surface area contributed by atoms with Gasteiger partial charge in [0.15, 0.2) is 5.58 Å². The van der Waals surface area contributed by atoms with Crippen LogP contribution in [0.2, 0.25) is 0 Å². The Labute approximate surface area is 282 Å². The molecule has 1 N–H and O–H groups in total. The van der Waals surface area contributed by atoms with Gasteiger partial charge in [0.05, 0.1) is 0 Å². The Kier molecular flexibility index (Phi) is 9.17. The number of hydrogen-bond donors (Lipinski definition) is 1. The van der Waals surface area contributed by atoms with Crippen LogP contribution in [0.5, 0.6) is 5.75 Å². The predicted molar refractivity (Wildman–Crippen MR) is 182 cm³/mol. The van der Waals surface area contributed by atoms with Crippen LogP contribution in [0.3, 0.4) is 0 Å². The third-order valence-corrected chi connectivity index (χ3v) is 9.93. The predicted octanol–water partition coefficient (Wildman–Crippen LogP) is 8.83. The zero-order valence-electron chi connectivity index (χ0n) is 27.5. The van der Waals surface area contributed by atoms with Gasteiger partial charge in [-0.15, -0.1) is 0 Å². The van der Waals surface area contributed by atoms with Crippen LogP contribution in [0.1, 0.15) is 47.9 Å². The number of aliphatic carboxylic acids is 1. The Morgan fingerprint density at radius 2 is 1.57 bits per heavy atom. The van der Waals surface area contributed by atoms with Crippen molar-refractivity contribution in [3.63, 3.8) is 0 Å². The molecule has 7 rings (SSSR count). The van der Waals surface area contributed by atoms with Crippen molar-refractivity contribution in [2.75, 3.05) is 19.6 Å². The molecule has 0 amide bonds. The number of benzene rings is 4. The average molecular weight is 670 g/mol. The van der Waals surface area contributed by atoms with E-state index in [9.17, 15) is 18.7 Å². The van der Waals surface area contributed by atoms with Gasteiger partial charge >= 0.3 is 12.6 Å². The molecule has 2 aliphatic heterocycles. The number of ether oxygens (including phenoxy) is 1. The highest BCUT2D eigenvalue weighted by molar-refractivity contribution is 5.85. The lowest BCUT2D eigenvalue weighted by molar-refractivity contribution is -0.142. The van der Waals surface area contributed by atoms with Gasteiger partial charge in [0, 0.05) is 35.8 Å². The second-order valence-electron chi connectivity index (χ2n) is 13.0. The monoisotopic (exact) mass is 669 g/mol. The molecule has 2 saturated heterocycles. The van der Waals surface area contributed by atoms with Gasteiger partial charge in [-0.3, -0.25) is 14.6 Å². The van der Waals surface area contributed by atoms with E-state index in [0.717, 1.165) is 58.6 Å². The van der Waals surface area contributed by atoms with Crippen LogP contribution >= 0.6 is 0 Å². The van der Waals surface area contributed by atoms with Crippen molar-refractivity contribution in [2.24, 2.45) is 0 Å². The summed E-state index contributed by atoms with van der Waals surface area (Å²) < 4.78 is 53.4. The lowest BCUT2D eigenvalue weighted by Gasteiger charge is -2.22. The summed E-state index contributed by atoms with van der Waals surface area (Å²) in [7, 11) is 0. The number of carboxylic acid groups (broad SMARTS) is 1. The molecule has 5 aromatic rings. The molecule has 49 heavy (non-hydrogen) atoms. The molecular weight excluding hydrogens is 631 g/mol. The number of hydrogen-bond acceptors (Lipinski definition) is 6. The van der Waals surface area contributed by atoms with Gasteiger partial charge in [-0.2, -0.15) is 8.78 Å². The van der Waals surface area contributed by atoms with E-state index in [1.807, 2.05) is 62.4 Å². The van der Waals surface area contributed by atoms with Crippen LogP contribution in [0.25, 0.3) is 44.8 Å². The first-order chi connectivity index (χ1) is 23.7. The van der Waals surface area contributed by atoms with Crippen molar-refractivity contribution in [2.45, 2.75) is 65.3 Å². The van der Waals surface area contributed by atoms with Crippen molar-refractivity contribution in [1.82, 2.24) is 14.8 Å². The van der Waals surface area contributed by atoms with E-state index < -0.39 is 18.6 Å². The quantitative estimate of drug-likeness (QED) is 0.159. The van der Waals surface area contributed by atoms with Gasteiger partial charge in [-0.05, 0) is 111 Å². The molecule has 0 unspecified atom stereocenters. The summed E-state index contributed by atoms with van der Waals surface area (Å²) in [6.07, 6.45) is 3.57. The van der Waals surface area contributed by atoms with Crippen molar-refractivity contribution < 1.29 is 32.2 Å². The maximum atomic E-state index is 15.6. The normalized spacial score (nSPS) is 17.1. The van der Waals surface area contributed by atoms with Crippen LogP contribution in [-0.4, -0.2) is 58.1 Å². The van der Waals surface area contributed by atoms with Gasteiger partial charge < -0.3 is 14.3 Å².